The number of aliphatic hydroxyl groups is 1. The van der Waals surface area contributed by atoms with Crippen molar-refractivity contribution >= 4 is 25.5 Å². The van der Waals surface area contributed by atoms with Gasteiger partial charge in [0.15, 0.2) is 25.7 Å². The fourth-order valence-corrected chi connectivity index (χ4v) is 8.70. The minimum absolute atomic E-state index is 0.00150. The molecule has 0 amide bonds. The van der Waals surface area contributed by atoms with Crippen molar-refractivity contribution in [1.82, 2.24) is 19.1 Å². The SMILES string of the molecule is COc1ccc(C(OC[C@H]2O[C@@H](n3cnc4c(=O)n(CCCOC(=O)c5ccccc5)cnc43)[C@H](O)[C@@H]2O[Si](C)(C)C(C)(C)C)(c2ccccc2)c2ccc(OC)cc2)cc1. The Kier molecular flexibility index (Phi) is 12.9. The maximum Gasteiger partial charge on any atom is 0.338 e. The largest absolute Gasteiger partial charge is 0.497 e. The van der Waals surface area contributed by atoms with Crippen LogP contribution in [0.1, 0.15) is 60.5 Å². The molecule has 320 valence electrons. The molecule has 0 aliphatic carbocycles. The number of nitrogens with zero attached hydrogens (tertiary/aromatic N) is 4. The molecule has 13 nitrogen and oxygen atoms in total. The fraction of sp³-hybridized carbons (Fsp3) is 0.362. The van der Waals surface area contributed by atoms with E-state index in [2.05, 4.69) is 43.8 Å². The second kappa shape index (κ2) is 18.1. The van der Waals surface area contributed by atoms with Crippen molar-refractivity contribution in [2.75, 3.05) is 27.4 Å². The smallest absolute Gasteiger partial charge is 0.338 e. The second-order valence-electron chi connectivity index (χ2n) is 16.6. The van der Waals surface area contributed by atoms with Crippen molar-refractivity contribution < 1.29 is 38.0 Å². The normalized spacial score (nSPS) is 18.3. The molecular weight excluding hydrogens is 793 g/mol. The Balaban J connectivity index is 1.20. The van der Waals surface area contributed by atoms with Crippen LogP contribution in [0.3, 0.4) is 0 Å². The summed E-state index contributed by atoms with van der Waals surface area (Å²) in [7, 11) is 0.742. The summed E-state index contributed by atoms with van der Waals surface area (Å²) in [6.45, 7) is 11.1. The van der Waals surface area contributed by atoms with Gasteiger partial charge >= 0.3 is 5.97 Å². The molecule has 0 spiro atoms. The van der Waals surface area contributed by atoms with Crippen molar-refractivity contribution in [3.63, 3.8) is 0 Å². The van der Waals surface area contributed by atoms with Gasteiger partial charge in [-0.2, -0.15) is 0 Å². The molecule has 4 aromatic carbocycles. The average molecular weight is 847 g/mol. The van der Waals surface area contributed by atoms with E-state index < -0.39 is 44.4 Å². The molecule has 0 bridgehead atoms. The lowest BCUT2D eigenvalue weighted by molar-refractivity contribution is -0.0930. The molecule has 7 rings (SSSR count). The predicted molar refractivity (Wildman–Crippen MR) is 233 cm³/mol. The fourth-order valence-electron chi connectivity index (χ4n) is 7.38. The molecule has 1 N–H and O–H groups in total. The van der Waals surface area contributed by atoms with E-state index in [1.165, 1.54) is 17.2 Å². The average Bonchev–Trinajstić information content (AvgIpc) is 3.84. The van der Waals surface area contributed by atoms with E-state index in [4.69, 9.17) is 28.1 Å². The van der Waals surface area contributed by atoms with Crippen molar-refractivity contribution in [1.29, 1.82) is 0 Å². The molecule has 0 radical (unpaired) electrons. The van der Waals surface area contributed by atoms with Crippen LogP contribution < -0.4 is 15.0 Å². The number of hydrogen-bond donors (Lipinski definition) is 1. The lowest BCUT2D eigenvalue weighted by Crippen LogP contribution is -2.50. The highest BCUT2D eigenvalue weighted by Gasteiger charge is 2.52. The quantitative estimate of drug-likeness (QED) is 0.0447. The number of methoxy groups -OCH3 is 2. The summed E-state index contributed by atoms with van der Waals surface area (Å²) in [6.07, 6.45) is -0.492. The van der Waals surface area contributed by atoms with Gasteiger partial charge in [0.05, 0.1) is 39.3 Å². The van der Waals surface area contributed by atoms with Gasteiger partial charge in [-0.3, -0.25) is 13.9 Å². The molecule has 14 heteroatoms. The van der Waals surface area contributed by atoms with Crippen molar-refractivity contribution in [2.24, 2.45) is 0 Å². The summed E-state index contributed by atoms with van der Waals surface area (Å²) < 4.78 is 40.6. The van der Waals surface area contributed by atoms with Gasteiger partial charge in [-0.25, -0.2) is 14.8 Å². The molecule has 6 aromatic rings. The standard InChI is InChI=1S/C47H54N4O9Si/c1-46(2,3)61(6,7)60-41-38(29-58-47(33-17-12-9-13-18-33,34-19-23-36(55-4)24-20-34)35-21-25-37(56-5)26-22-35)59-44(40(41)52)51-31-48-39-42(51)49-30-50(43(39)53)27-14-28-57-45(54)32-15-10-8-11-16-32/h8-13,15-26,30-31,38,40-41,44,52H,14,27-29H2,1-7H3/t38-,40-,41-,44-/m1/s1. The van der Waals surface area contributed by atoms with E-state index in [1.54, 1.807) is 43.1 Å². The summed E-state index contributed by atoms with van der Waals surface area (Å²) in [6, 6.07) is 34.3. The number of imidazole rings is 1. The number of aryl methyl sites for hydroxylation is 1. The zero-order valence-corrected chi connectivity index (χ0v) is 36.7. The minimum Gasteiger partial charge on any atom is -0.497 e. The van der Waals surface area contributed by atoms with Crippen LogP contribution in [0.5, 0.6) is 11.5 Å². The van der Waals surface area contributed by atoms with Gasteiger partial charge in [-0.1, -0.05) is 93.6 Å². The van der Waals surface area contributed by atoms with Gasteiger partial charge in [0.2, 0.25) is 0 Å². The summed E-state index contributed by atoms with van der Waals surface area (Å²) in [4.78, 5) is 35.2. The van der Waals surface area contributed by atoms with E-state index >= 15 is 0 Å². The first kappa shape index (κ1) is 43.4. The van der Waals surface area contributed by atoms with Gasteiger partial charge in [-0.15, -0.1) is 0 Å². The van der Waals surface area contributed by atoms with Crippen LogP contribution in [0.2, 0.25) is 18.1 Å². The third-order valence-electron chi connectivity index (χ3n) is 11.8. The third kappa shape index (κ3) is 8.90. The van der Waals surface area contributed by atoms with Gasteiger partial charge in [0, 0.05) is 6.54 Å². The van der Waals surface area contributed by atoms with Crippen LogP contribution in [0, 0.1) is 0 Å². The van der Waals surface area contributed by atoms with E-state index in [0.29, 0.717) is 23.5 Å². The minimum atomic E-state index is -2.52. The van der Waals surface area contributed by atoms with Crippen LogP contribution in [-0.4, -0.2) is 84.2 Å². The Morgan fingerprint density at radius 2 is 1.38 bits per heavy atom. The first-order valence-electron chi connectivity index (χ1n) is 20.4. The molecular formula is C47H54N4O9Si. The molecule has 1 aliphatic rings. The Hall–Kier alpha value is -5.64. The highest BCUT2D eigenvalue weighted by molar-refractivity contribution is 6.74. The van der Waals surface area contributed by atoms with Gasteiger partial charge in [-0.05, 0) is 77.6 Å². The predicted octanol–water partition coefficient (Wildman–Crippen LogP) is 7.51. The van der Waals surface area contributed by atoms with Crippen LogP contribution >= 0.6 is 0 Å². The topological polar surface area (TPSA) is 145 Å². The number of rotatable bonds is 16. The number of ether oxygens (including phenoxy) is 5. The number of fused-ring (bicyclic) bond motifs is 1. The molecule has 0 unspecified atom stereocenters. The number of benzene rings is 4. The zero-order chi connectivity index (χ0) is 43.4. The molecule has 1 fully saturated rings. The number of aliphatic hydroxyl groups excluding tert-OH is 1. The Morgan fingerprint density at radius 3 is 1.95 bits per heavy atom. The lowest BCUT2D eigenvalue weighted by atomic mass is 9.80. The molecule has 4 atom stereocenters. The first-order chi connectivity index (χ1) is 29.3. The number of carbonyl (C=O) groups excluding carboxylic acids is 1. The highest BCUT2D eigenvalue weighted by atomic mass is 28.4. The summed E-state index contributed by atoms with van der Waals surface area (Å²) in [5.41, 5.74) is 1.87. The molecule has 1 saturated heterocycles. The molecule has 0 saturated carbocycles. The summed E-state index contributed by atoms with van der Waals surface area (Å²) in [5.74, 6) is 0.971. The van der Waals surface area contributed by atoms with E-state index in [-0.39, 0.29) is 41.5 Å². The number of aromatic nitrogens is 4. The zero-order valence-electron chi connectivity index (χ0n) is 35.7. The van der Waals surface area contributed by atoms with Crippen molar-refractivity contribution in [3.05, 3.63) is 154 Å². The summed E-state index contributed by atoms with van der Waals surface area (Å²) >= 11 is 0. The number of hydrogen-bond acceptors (Lipinski definition) is 11. The third-order valence-corrected chi connectivity index (χ3v) is 16.3. The van der Waals surface area contributed by atoms with Crippen molar-refractivity contribution in [2.45, 2.75) is 82.0 Å². The molecule has 61 heavy (non-hydrogen) atoms. The first-order valence-corrected chi connectivity index (χ1v) is 23.3. The van der Waals surface area contributed by atoms with E-state index in [9.17, 15) is 14.7 Å². The highest BCUT2D eigenvalue weighted by Crippen LogP contribution is 2.45. The monoisotopic (exact) mass is 846 g/mol. The number of carbonyl (C=O) groups is 1. The van der Waals surface area contributed by atoms with Crippen molar-refractivity contribution in [3.8, 4) is 11.5 Å². The maximum atomic E-state index is 13.7. The van der Waals surface area contributed by atoms with E-state index in [0.717, 1.165) is 16.7 Å². The Labute approximate surface area is 356 Å². The van der Waals surface area contributed by atoms with Crippen LogP contribution in [0.4, 0.5) is 0 Å². The van der Waals surface area contributed by atoms with Crippen LogP contribution in [0.25, 0.3) is 11.2 Å². The molecule has 1 aliphatic heterocycles. The number of esters is 1. The van der Waals surface area contributed by atoms with Crippen LogP contribution in [-0.2, 0) is 30.8 Å². The Bertz CT molecular complexity index is 2400. The van der Waals surface area contributed by atoms with Crippen LogP contribution in [0.15, 0.2) is 127 Å². The van der Waals surface area contributed by atoms with Gasteiger partial charge < -0.3 is 33.2 Å². The van der Waals surface area contributed by atoms with E-state index in [1.807, 2.05) is 84.9 Å². The molecule has 2 aromatic heterocycles. The lowest BCUT2D eigenvalue weighted by Gasteiger charge is -2.41. The Morgan fingerprint density at radius 1 is 0.803 bits per heavy atom. The van der Waals surface area contributed by atoms with Gasteiger partial charge in [0.25, 0.3) is 5.56 Å². The second-order valence-corrected chi connectivity index (χ2v) is 21.4. The molecule has 3 heterocycles. The summed E-state index contributed by atoms with van der Waals surface area (Å²) in [5, 5.41) is 12.1. The van der Waals surface area contributed by atoms with Gasteiger partial charge in [0.1, 0.15) is 41.7 Å². The maximum absolute atomic E-state index is 13.7.